The van der Waals surface area contributed by atoms with E-state index in [9.17, 15) is 5.11 Å². The van der Waals surface area contributed by atoms with E-state index in [1.807, 2.05) is 13.1 Å². The Morgan fingerprint density at radius 2 is 2.14 bits per heavy atom. The normalized spacial score (nSPS) is 18.0. The van der Waals surface area contributed by atoms with Crippen molar-refractivity contribution >= 4 is 5.82 Å². The number of rotatable bonds is 6. The number of pyridine rings is 1. The van der Waals surface area contributed by atoms with Crippen molar-refractivity contribution in [3.05, 3.63) is 23.4 Å². The van der Waals surface area contributed by atoms with Gasteiger partial charge in [0.05, 0.1) is 6.10 Å². The molecule has 1 aliphatic heterocycles. The molecule has 2 heterocycles. The third-order valence-corrected chi connectivity index (χ3v) is 4.38. The summed E-state index contributed by atoms with van der Waals surface area (Å²) >= 11 is 0. The standard InChI is InChI=1S/C17H29N3O/c1-4-7-18-11-15-10-13(2)17(19-12-15)20-8-5-16(6-9-20)14(3)21/h10,12,14,16,18,21H,4-9,11H2,1-3H3. The van der Waals surface area contributed by atoms with Gasteiger partial charge in [-0.15, -0.1) is 0 Å². The van der Waals surface area contributed by atoms with E-state index >= 15 is 0 Å². The van der Waals surface area contributed by atoms with Gasteiger partial charge in [-0.05, 0) is 62.8 Å². The number of hydrogen-bond acceptors (Lipinski definition) is 4. The number of hydrogen-bond donors (Lipinski definition) is 2. The Labute approximate surface area is 128 Å². The predicted octanol–water partition coefficient (Wildman–Crippen LogP) is 2.49. The number of aliphatic hydroxyl groups excluding tert-OH is 1. The van der Waals surface area contributed by atoms with Crippen LogP contribution in [0.3, 0.4) is 0 Å². The van der Waals surface area contributed by atoms with E-state index in [2.05, 4.69) is 35.1 Å². The first-order chi connectivity index (χ1) is 10.1. The van der Waals surface area contributed by atoms with Crippen LogP contribution < -0.4 is 10.2 Å². The van der Waals surface area contributed by atoms with Crippen molar-refractivity contribution in [2.75, 3.05) is 24.5 Å². The molecule has 1 atom stereocenters. The number of anilines is 1. The first kappa shape index (κ1) is 16.2. The quantitative estimate of drug-likeness (QED) is 0.791. The minimum absolute atomic E-state index is 0.187. The molecule has 0 spiro atoms. The van der Waals surface area contributed by atoms with Gasteiger partial charge in [-0.3, -0.25) is 0 Å². The number of nitrogens with zero attached hydrogens (tertiary/aromatic N) is 2. The molecule has 0 saturated carbocycles. The van der Waals surface area contributed by atoms with Crippen molar-refractivity contribution in [3.63, 3.8) is 0 Å². The van der Waals surface area contributed by atoms with E-state index < -0.39 is 0 Å². The average Bonchev–Trinajstić information content (AvgIpc) is 2.48. The molecule has 1 fully saturated rings. The van der Waals surface area contributed by atoms with Gasteiger partial charge in [0.15, 0.2) is 0 Å². The Morgan fingerprint density at radius 3 is 2.71 bits per heavy atom. The van der Waals surface area contributed by atoms with E-state index in [1.165, 1.54) is 11.1 Å². The number of aliphatic hydroxyl groups is 1. The van der Waals surface area contributed by atoms with E-state index in [0.717, 1.165) is 51.3 Å². The maximum atomic E-state index is 9.69. The van der Waals surface area contributed by atoms with Gasteiger partial charge >= 0.3 is 0 Å². The predicted molar refractivity (Wildman–Crippen MR) is 87.6 cm³/mol. The van der Waals surface area contributed by atoms with E-state index in [4.69, 9.17) is 0 Å². The van der Waals surface area contributed by atoms with Gasteiger partial charge in [-0.2, -0.15) is 0 Å². The van der Waals surface area contributed by atoms with Crippen molar-refractivity contribution in [1.82, 2.24) is 10.3 Å². The lowest BCUT2D eigenvalue weighted by Crippen LogP contribution is -2.37. The monoisotopic (exact) mass is 291 g/mol. The molecular weight excluding hydrogens is 262 g/mol. The molecule has 118 valence electrons. The van der Waals surface area contributed by atoms with Crippen LogP contribution in [0.4, 0.5) is 5.82 Å². The van der Waals surface area contributed by atoms with Crippen molar-refractivity contribution < 1.29 is 5.11 Å². The third-order valence-electron chi connectivity index (χ3n) is 4.38. The zero-order valence-electron chi connectivity index (χ0n) is 13.6. The lowest BCUT2D eigenvalue weighted by atomic mass is 9.92. The highest BCUT2D eigenvalue weighted by atomic mass is 16.3. The summed E-state index contributed by atoms with van der Waals surface area (Å²) in [7, 11) is 0. The first-order valence-corrected chi connectivity index (χ1v) is 8.21. The molecule has 1 aromatic heterocycles. The summed E-state index contributed by atoms with van der Waals surface area (Å²) in [5, 5.41) is 13.1. The van der Waals surface area contributed by atoms with Crippen LogP contribution in [0, 0.1) is 12.8 Å². The fourth-order valence-electron chi connectivity index (χ4n) is 3.06. The van der Waals surface area contributed by atoms with Crippen molar-refractivity contribution in [2.24, 2.45) is 5.92 Å². The zero-order valence-corrected chi connectivity index (χ0v) is 13.6. The molecule has 0 aliphatic carbocycles. The third kappa shape index (κ3) is 4.42. The van der Waals surface area contributed by atoms with Crippen LogP contribution in [0.25, 0.3) is 0 Å². The lowest BCUT2D eigenvalue weighted by Gasteiger charge is -2.34. The van der Waals surface area contributed by atoms with Gasteiger partial charge < -0.3 is 15.3 Å². The molecule has 21 heavy (non-hydrogen) atoms. The number of piperidine rings is 1. The summed E-state index contributed by atoms with van der Waals surface area (Å²) < 4.78 is 0. The number of aryl methyl sites for hydroxylation is 1. The summed E-state index contributed by atoms with van der Waals surface area (Å²) in [6.07, 6.45) is 5.07. The molecule has 1 aliphatic rings. The average molecular weight is 291 g/mol. The number of aromatic nitrogens is 1. The second-order valence-corrected chi connectivity index (χ2v) is 6.23. The molecule has 0 aromatic carbocycles. The smallest absolute Gasteiger partial charge is 0.131 e. The molecular formula is C17H29N3O. The molecule has 1 aromatic rings. The van der Waals surface area contributed by atoms with E-state index in [0.29, 0.717) is 5.92 Å². The molecule has 0 amide bonds. The minimum atomic E-state index is -0.187. The molecule has 1 unspecified atom stereocenters. The molecule has 0 radical (unpaired) electrons. The Bertz CT molecular complexity index is 440. The van der Waals surface area contributed by atoms with Crippen LogP contribution in [-0.2, 0) is 6.54 Å². The summed E-state index contributed by atoms with van der Waals surface area (Å²) in [5.41, 5.74) is 2.50. The van der Waals surface area contributed by atoms with Crippen molar-refractivity contribution in [2.45, 2.75) is 52.7 Å². The topological polar surface area (TPSA) is 48.4 Å². The summed E-state index contributed by atoms with van der Waals surface area (Å²) in [6.45, 7) is 10.2. The van der Waals surface area contributed by atoms with Crippen LogP contribution >= 0.6 is 0 Å². The Kier molecular flexibility index (Phi) is 6.00. The second-order valence-electron chi connectivity index (χ2n) is 6.23. The highest BCUT2D eigenvalue weighted by Gasteiger charge is 2.24. The molecule has 4 heteroatoms. The highest BCUT2D eigenvalue weighted by Crippen LogP contribution is 2.26. The van der Waals surface area contributed by atoms with Gasteiger partial charge in [-0.1, -0.05) is 6.92 Å². The summed E-state index contributed by atoms with van der Waals surface area (Å²) in [6, 6.07) is 2.24. The van der Waals surface area contributed by atoms with Crippen molar-refractivity contribution in [3.8, 4) is 0 Å². The van der Waals surface area contributed by atoms with Gasteiger partial charge in [-0.25, -0.2) is 4.98 Å². The van der Waals surface area contributed by atoms with Gasteiger partial charge in [0.2, 0.25) is 0 Å². The van der Waals surface area contributed by atoms with Crippen LogP contribution in [0.15, 0.2) is 12.3 Å². The Morgan fingerprint density at radius 1 is 1.43 bits per heavy atom. The van der Waals surface area contributed by atoms with Crippen LogP contribution in [0.5, 0.6) is 0 Å². The first-order valence-electron chi connectivity index (χ1n) is 8.21. The van der Waals surface area contributed by atoms with Crippen LogP contribution in [0.2, 0.25) is 0 Å². The molecule has 2 N–H and O–H groups in total. The minimum Gasteiger partial charge on any atom is -0.393 e. The maximum Gasteiger partial charge on any atom is 0.131 e. The lowest BCUT2D eigenvalue weighted by molar-refractivity contribution is 0.110. The van der Waals surface area contributed by atoms with Gasteiger partial charge in [0, 0.05) is 25.8 Å². The fraction of sp³-hybridized carbons (Fsp3) is 0.706. The summed E-state index contributed by atoms with van der Waals surface area (Å²) in [4.78, 5) is 7.03. The van der Waals surface area contributed by atoms with E-state index in [-0.39, 0.29) is 6.10 Å². The molecule has 0 bridgehead atoms. The van der Waals surface area contributed by atoms with Gasteiger partial charge in [0.25, 0.3) is 0 Å². The number of nitrogens with one attached hydrogen (secondary N) is 1. The Hall–Kier alpha value is -1.13. The largest absolute Gasteiger partial charge is 0.393 e. The molecule has 4 nitrogen and oxygen atoms in total. The van der Waals surface area contributed by atoms with Crippen LogP contribution in [0.1, 0.15) is 44.2 Å². The van der Waals surface area contributed by atoms with Crippen LogP contribution in [-0.4, -0.2) is 35.8 Å². The Balaban J connectivity index is 1.95. The second kappa shape index (κ2) is 7.76. The highest BCUT2D eigenvalue weighted by molar-refractivity contribution is 5.47. The zero-order chi connectivity index (χ0) is 15.2. The SMILES string of the molecule is CCCNCc1cnc(N2CCC(C(C)O)CC2)c(C)c1. The fourth-order valence-corrected chi connectivity index (χ4v) is 3.06. The van der Waals surface area contributed by atoms with E-state index in [1.54, 1.807) is 0 Å². The maximum absolute atomic E-state index is 9.69. The summed E-state index contributed by atoms with van der Waals surface area (Å²) in [5.74, 6) is 1.55. The molecule has 2 rings (SSSR count). The van der Waals surface area contributed by atoms with Gasteiger partial charge in [0.1, 0.15) is 5.82 Å². The van der Waals surface area contributed by atoms with Crippen molar-refractivity contribution in [1.29, 1.82) is 0 Å². The molecule has 1 saturated heterocycles.